The van der Waals surface area contributed by atoms with E-state index < -0.39 is 11.5 Å². The average molecular weight is 272 g/mol. The zero-order valence-corrected chi connectivity index (χ0v) is 10.2. The molecule has 3 heterocycles. The fourth-order valence-corrected chi connectivity index (χ4v) is 2.02. The number of rotatable bonds is 1. The predicted octanol–water partition coefficient (Wildman–Crippen LogP) is 0.456. The van der Waals surface area contributed by atoms with Gasteiger partial charge < -0.3 is 5.11 Å². The van der Waals surface area contributed by atoms with Gasteiger partial charge in [0.25, 0.3) is 5.91 Å². The Balaban J connectivity index is 2.15. The summed E-state index contributed by atoms with van der Waals surface area (Å²) in [5, 5.41) is 10.7. The third-order valence-corrected chi connectivity index (χ3v) is 2.96. The van der Waals surface area contributed by atoms with E-state index in [1.165, 1.54) is 30.7 Å². The van der Waals surface area contributed by atoms with Crippen molar-refractivity contribution in [3.05, 3.63) is 47.1 Å². The molecular formula is C11H6BClN4O2. The van der Waals surface area contributed by atoms with Crippen molar-refractivity contribution in [1.29, 1.82) is 0 Å². The summed E-state index contributed by atoms with van der Waals surface area (Å²) < 4.78 is 0. The van der Waals surface area contributed by atoms with Gasteiger partial charge in [0.05, 0.1) is 5.02 Å². The lowest BCUT2D eigenvalue weighted by Crippen LogP contribution is -2.45. The van der Waals surface area contributed by atoms with Crippen molar-refractivity contribution in [3.63, 3.8) is 0 Å². The van der Waals surface area contributed by atoms with Crippen molar-refractivity contribution in [2.24, 2.45) is 0 Å². The van der Waals surface area contributed by atoms with Gasteiger partial charge in [0.1, 0.15) is 17.1 Å². The van der Waals surface area contributed by atoms with E-state index in [1.54, 1.807) is 0 Å². The summed E-state index contributed by atoms with van der Waals surface area (Å²) in [6.07, 6.45) is 4.05. The zero-order chi connectivity index (χ0) is 13.6. The highest BCUT2D eigenvalue weighted by Crippen LogP contribution is 2.35. The minimum absolute atomic E-state index is 0.00301. The van der Waals surface area contributed by atoms with Gasteiger partial charge in [-0.3, -0.25) is 14.7 Å². The van der Waals surface area contributed by atoms with Crippen LogP contribution in [0.5, 0.6) is 0 Å². The van der Waals surface area contributed by atoms with Crippen LogP contribution in [0.15, 0.2) is 30.7 Å². The molecule has 1 N–H and O–H groups in total. The molecule has 6 nitrogen and oxygen atoms in total. The van der Waals surface area contributed by atoms with Crippen molar-refractivity contribution in [2.75, 3.05) is 4.90 Å². The second-order valence-corrected chi connectivity index (χ2v) is 4.39. The molecule has 1 aliphatic rings. The first-order chi connectivity index (χ1) is 9.01. The summed E-state index contributed by atoms with van der Waals surface area (Å²) in [7, 11) is 5.78. The summed E-state index contributed by atoms with van der Waals surface area (Å²) >= 11 is 5.73. The van der Waals surface area contributed by atoms with Gasteiger partial charge in [-0.25, -0.2) is 9.97 Å². The number of carbonyl (C=O) groups is 1. The molecule has 2 radical (unpaired) electrons. The third kappa shape index (κ3) is 1.70. The van der Waals surface area contributed by atoms with Crippen LogP contribution in [0.25, 0.3) is 0 Å². The number of halogens is 1. The van der Waals surface area contributed by atoms with Crippen molar-refractivity contribution in [2.45, 2.75) is 5.62 Å². The lowest BCUT2D eigenvalue weighted by molar-refractivity contribution is 0.0859. The smallest absolute Gasteiger partial charge is 0.282 e. The van der Waals surface area contributed by atoms with Crippen molar-refractivity contribution >= 4 is 31.2 Å². The minimum atomic E-state index is -2.08. The first-order valence-corrected chi connectivity index (χ1v) is 5.68. The summed E-state index contributed by atoms with van der Waals surface area (Å²) in [5.74, 6) is -0.401. The van der Waals surface area contributed by atoms with Crippen LogP contribution < -0.4 is 4.90 Å². The number of anilines is 1. The summed E-state index contributed by atoms with van der Waals surface area (Å²) in [6, 6.07) is 3.01. The number of aromatic nitrogens is 3. The molecule has 3 rings (SSSR count). The molecule has 1 amide bonds. The highest BCUT2D eigenvalue weighted by atomic mass is 35.5. The Hall–Kier alpha value is -1.99. The maximum absolute atomic E-state index is 12.2. The Morgan fingerprint density at radius 1 is 1.26 bits per heavy atom. The van der Waals surface area contributed by atoms with E-state index in [-0.39, 0.29) is 17.2 Å². The van der Waals surface area contributed by atoms with Crippen molar-refractivity contribution in [1.82, 2.24) is 15.0 Å². The standard InChI is InChI=1S/C11H6BClN4O2/c12-11(19)9-8(14-3-4-15-9)10(18)17(11)7-2-1-6(13)5-16-7/h1-5,19H. The number of amides is 1. The van der Waals surface area contributed by atoms with Gasteiger partial charge in [0.2, 0.25) is 0 Å². The zero-order valence-electron chi connectivity index (χ0n) is 9.49. The van der Waals surface area contributed by atoms with Crippen LogP contribution in [0.4, 0.5) is 5.82 Å². The molecule has 2 aromatic heterocycles. The van der Waals surface area contributed by atoms with Gasteiger partial charge in [-0.1, -0.05) is 11.6 Å². The normalized spacial score (nSPS) is 21.6. The van der Waals surface area contributed by atoms with Gasteiger partial charge in [-0.05, 0) is 12.1 Å². The number of aliphatic hydroxyl groups is 1. The van der Waals surface area contributed by atoms with E-state index in [0.29, 0.717) is 5.02 Å². The van der Waals surface area contributed by atoms with E-state index >= 15 is 0 Å². The molecule has 0 fully saturated rings. The molecule has 0 aliphatic carbocycles. The Kier molecular flexibility index (Phi) is 2.55. The van der Waals surface area contributed by atoms with Crippen molar-refractivity contribution < 1.29 is 9.90 Å². The largest absolute Gasteiger partial charge is 0.374 e. The van der Waals surface area contributed by atoms with Gasteiger partial charge in [-0.15, -0.1) is 0 Å². The highest BCUT2D eigenvalue weighted by molar-refractivity contribution is 6.30. The lowest BCUT2D eigenvalue weighted by atomic mass is 9.88. The second kappa shape index (κ2) is 4.01. The predicted molar refractivity (Wildman–Crippen MR) is 67.7 cm³/mol. The average Bonchev–Trinajstić information content (AvgIpc) is 2.60. The molecule has 0 saturated heterocycles. The van der Waals surface area contributed by atoms with E-state index in [0.717, 1.165) is 4.90 Å². The number of carbonyl (C=O) groups excluding carboxylic acids is 1. The van der Waals surface area contributed by atoms with E-state index in [1.807, 2.05) is 0 Å². The molecule has 0 bridgehead atoms. The van der Waals surface area contributed by atoms with Gasteiger partial charge in [0, 0.05) is 18.6 Å². The van der Waals surface area contributed by atoms with Crippen LogP contribution in [-0.4, -0.2) is 33.8 Å². The molecule has 1 unspecified atom stereocenters. The Morgan fingerprint density at radius 2 is 2.00 bits per heavy atom. The number of nitrogens with zero attached hydrogens (tertiary/aromatic N) is 4. The molecule has 0 saturated carbocycles. The Bertz CT molecular complexity index is 662. The van der Waals surface area contributed by atoms with Gasteiger partial charge in [0.15, 0.2) is 13.5 Å². The molecule has 2 aromatic rings. The summed E-state index contributed by atoms with van der Waals surface area (Å²) in [4.78, 5) is 24.9. The molecular weight excluding hydrogens is 266 g/mol. The second-order valence-electron chi connectivity index (χ2n) is 3.95. The molecule has 0 spiro atoms. The molecule has 19 heavy (non-hydrogen) atoms. The van der Waals surface area contributed by atoms with Crippen LogP contribution in [0.1, 0.15) is 16.2 Å². The number of hydrogen-bond acceptors (Lipinski definition) is 5. The summed E-state index contributed by atoms with van der Waals surface area (Å²) in [6.45, 7) is 0. The van der Waals surface area contributed by atoms with Gasteiger partial charge in [-0.2, -0.15) is 0 Å². The van der Waals surface area contributed by atoms with Gasteiger partial charge >= 0.3 is 0 Å². The number of fused-ring (bicyclic) bond motifs is 1. The van der Waals surface area contributed by atoms with E-state index in [9.17, 15) is 9.90 Å². The minimum Gasteiger partial charge on any atom is -0.374 e. The van der Waals surface area contributed by atoms with Crippen LogP contribution in [0.2, 0.25) is 5.02 Å². The molecule has 8 heteroatoms. The van der Waals surface area contributed by atoms with Crippen molar-refractivity contribution in [3.8, 4) is 0 Å². The maximum atomic E-state index is 12.2. The molecule has 1 atom stereocenters. The topological polar surface area (TPSA) is 79.2 Å². The molecule has 92 valence electrons. The Labute approximate surface area is 114 Å². The lowest BCUT2D eigenvalue weighted by Gasteiger charge is -2.29. The first kappa shape index (κ1) is 12.1. The summed E-state index contributed by atoms with van der Waals surface area (Å²) in [5.41, 5.74) is -2.08. The number of pyridine rings is 1. The molecule has 1 aliphatic heterocycles. The Morgan fingerprint density at radius 3 is 2.63 bits per heavy atom. The monoisotopic (exact) mass is 272 g/mol. The SMILES string of the molecule is [B]C1(O)c2nccnc2C(=O)N1c1ccc(Cl)cn1. The van der Waals surface area contributed by atoms with Crippen LogP contribution in [0, 0.1) is 0 Å². The highest BCUT2D eigenvalue weighted by Gasteiger charge is 2.48. The fourth-order valence-electron chi connectivity index (χ4n) is 1.91. The third-order valence-electron chi connectivity index (χ3n) is 2.73. The van der Waals surface area contributed by atoms with Crippen LogP contribution in [-0.2, 0) is 5.62 Å². The number of hydrogen-bond donors (Lipinski definition) is 1. The van der Waals surface area contributed by atoms with Crippen LogP contribution >= 0.6 is 11.6 Å². The maximum Gasteiger partial charge on any atom is 0.282 e. The first-order valence-electron chi connectivity index (χ1n) is 5.30. The molecule has 0 aromatic carbocycles. The quantitative estimate of drug-likeness (QED) is 0.763. The fraction of sp³-hybridized carbons (Fsp3) is 0.0909. The van der Waals surface area contributed by atoms with Crippen LogP contribution in [0.3, 0.4) is 0 Å². The van der Waals surface area contributed by atoms with E-state index in [4.69, 9.17) is 19.4 Å². The van der Waals surface area contributed by atoms with E-state index in [2.05, 4.69) is 15.0 Å².